The zero-order valence-electron chi connectivity index (χ0n) is 6.94. The van der Waals surface area contributed by atoms with E-state index in [1.165, 1.54) is 12.8 Å². The first-order valence-corrected chi connectivity index (χ1v) is 3.77. The van der Waals surface area contributed by atoms with Crippen LogP contribution >= 0.6 is 0 Å². The lowest BCUT2D eigenvalue weighted by molar-refractivity contribution is 0.178. The summed E-state index contributed by atoms with van der Waals surface area (Å²) in [6.45, 7) is 6.93. The second kappa shape index (κ2) is 1.98. The van der Waals surface area contributed by atoms with E-state index in [1.54, 1.807) is 0 Å². The predicted octanol–water partition coefficient (Wildman–Crippen LogP) is 1.88. The van der Waals surface area contributed by atoms with Crippen molar-refractivity contribution in [3.8, 4) is 0 Å². The van der Waals surface area contributed by atoms with Gasteiger partial charge in [0, 0.05) is 11.6 Å². The summed E-state index contributed by atoms with van der Waals surface area (Å²) >= 11 is 0. The van der Waals surface area contributed by atoms with Gasteiger partial charge in [-0.25, -0.2) is 0 Å². The second-order valence-electron chi connectivity index (χ2n) is 3.81. The summed E-state index contributed by atoms with van der Waals surface area (Å²) in [4.78, 5) is 2.47. The third-order valence-corrected chi connectivity index (χ3v) is 2.79. The molecule has 1 aliphatic heterocycles. The predicted molar refractivity (Wildman–Crippen MR) is 40.5 cm³/mol. The van der Waals surface area contributed by atoms with Crippen molar-refractivity contribution < 1.29 is 0 Å². The van der Waals surface area contributed by atoms with Crippen molar-refractivity contribution in [3.05, 3.63) is 0 Å². The third-order valence-electron chi connectivity index (χ3n) is 2.79. The first-order valence-electron chi connectivity index (χ1n) is 3.77. The van der Waals surface area contributed by atoms with Gasteiger partial charge in [-0.05, 0) is 40.7 Å². The van der Waals surface area contributed by atoms with Gasteiger partial charge in [0.25, 0.3) is 0 Å². The van der Waals surface area contributed by atoms with Crippen LogP contribution in [0.4, 0.5) is 0 Å². The van der Waals surface area contributed by atoms with E-state index in [2.05, 4.69) is 32.7 Å². The van der Waals surface area contributed by atoms with Crippen LogP contribution in [0.3, 0.4) is 0 Å². The largest absolute Gasteiger partial charge is 0.299 e. The lowest BCUT2D eigenvalue weighted by Crippen LogP contribution is -2.38. The van der Waals surface area contributed by atoms with E-state index in [0.29, 0.717) is 5.54 Å². The summed E-state index contributed by atoms with van der Waals surface area (Å²) in [7, 11) is 2.22. The van der Waals surface area contributed by atoms with Crippen molar-refractivity contribution >= 4 is 0 Å². The Labute approximate surface area is 58.0 Å². The van der Waals surface area contributed by atoms with Gasteiger partial charge in [0.2, 0.25) is 0 Å². The van der Waals surface area contributed by atoms with Crippen LogP contribution in [0.2, 0.25) is 0 Å². The third kappa shape index (κ3) is 1.11. The lowest BCUT2D eigenvalue weighted by Gasteiger charge is -2.30. The zero-order valence-corrected chi connectivity index (χ0v) is 6.94. The lowest BCUT2D eigenvalue weighted by atomic mass is 10.0. The summed E-state index contributed by atoms with van der Waals surface area (Å²) in [5, 5.41) is 0. The fourth-order valence-electron chi connectivity index (χ4n) is 1.53. The standard InChI is InChI=1S/C8H17N/c1-7-5-6-8(2,3)9(7)4/h7H,5-6H2,1-4H3/t7-/m1/s1. The smallest absolute Gasteiger partial charge is 0.0153 e. The van der Waals surface area contributed by atoms with Crippen LogP contribution < -0.4 is 0 Å². The molecule has 0 N–H and O–H groups in total. The molecule has 1 aliphatic rings. The van der Waals surface area contributed by atoms with Gasteiger partial charge in [0.15, 0.2) is 0 Å². The normalized spacial score (nSPS) is 35.3. The maximum Gasteiger partial charge on any atom is 0.0153 e. The van der Waals surface area contributed by atoms with Gasteiger partial charge in [-0.2, -0.15) is 0 Å². The minimum absolute atomic E-state index is 0.458. The Kier molecular flexibility index (Phi) is 1.55. The van der Waals surface area contributed by atoms with Crippen molar-refractivity contribution in [2.75, 3.05) is 7.05 Å². The molecule has 0 unspecified atom stereocenters. The number of nitrogens with zero attached hydrogens (tertiary/aromatic N) is 1. The molecule has 0 aromatic carbocycles. The van der Waals surface area contributed by atoms with Crippen LogP contribution in [0, 0.1) is 0 Å². The van der Waals surface area contributed by atoms with Crippen LogP contribution in [0.25, 0.3) is 0 Å². The molecule has 54 valence electrons. The van der Waals surface area contributed by atoms with E-state index in [0.717, 1.165) is 6.04 Å². The molecule has 1 heteroatoms. The molecular formula is C8H17N. The Morgan fingerprint density at radius 3 is 2.11 bits per heavy atom. The average Bonchev–Trinajstić information content (AvgIpc) is 1.97. The van der Waals surface area contributed by atoms with Gasteiger partial charge in [-0.1, -0.05) is 0 Å². The number of hydrogen-bond donors (Lipinski definition) is 0. The number of hydrogen-bond acceptors (Lipinski definition) is 1. The highest BCUT2D eigenvalue weighted by Crippen LogP contribution is 2.30. The topological polar surface area (TPSA) is 3.24 Å². The molecular weight excluding hydrogens is 110 g/mol. The summed E-state index contributed by atoms with van der Waals surface area (Å²) in [5.74, 6) is 0. The zero-order chi connectivity index (χ0) is 7.07. The van der Waals surface area contributed by atoms with Gasteiger partial charge < -0.3 is 0 Å². The fraction of sp³-hybridized carbons (Fsp3) is 1.00. The molecule has 1 nitrogen and oxygen atoms in total. The minimum atomic E-state index is 0.458. The Morgan fingerprint density at radius 1 is 1.44 bits per heavy atom. The number of rotatable bonds is 0. The molecule has 1 saturated heterocycles. The first-order chi connectivity index (χ1) is 4.04. The van der Waals surface area contributed by atoms with Crippen LogP contribution in [0.1, 0.15) is 33.6 Å². The van der Waals surface area contributed by atoms with Gasteiger partial charge in [0.05, 0.1) is 0 Å². The van der Waals surface area contributed by atoms with Gasteiger partial charge in [-0.15, -0.1) is 0 Å². The summed E-state index contributed by atoms with van der Waals surface area (Å²) < 4.78 is 0. The molecule has 0 spiro atoms. The van der Waals surface area contributed by atoms with E-state index >= 15 is 0 Å². The fourth-order valence-corrected chi connectivity index (χ4v) is 1.53. The van der Waals surface area contributed by atoms with Crippen LogP contribution in [-0.4, -0.2) is 23.5 Å². The summed E-state index contributed by atoms with van der Waals surface area (Å²) in [6, 6.07) is 0.792. The molecule has 0 bridgehead atoms. The molecule has 0 aromatic rings. The van der Waals surface area contributed by atoms with E-state index in [9.17, 15) is 0 Å². The molecule has 0 amide bonds. The quantitative estimate of drug-likeness (QED) is 0.480. The van der Waals surface area contributed by atoms with Crippen LogP contribution in [0.5, 0.6) is 0 Å². The van der Waals surface area contributed by atoms with Crippen molar-refractivity contribution in [2.45, 2.75) is 45.2 Å². The Balaban J connectivity index is 2.62. The molecule has 1 fully saturated rings. The molecule has 0 radical (unpaired) electrons. The molecule has 0 aromatic heterocycles. The van der Waals surface area contributed by atoms with E-state index < -0.39 is 0 Å². The van der Waals surface area contributed by atoms with Crippen molar-refractivity contribution in [2.24, 2.45) is 0 Å². The molecule has 0 saturated carbocycles. The summed E-state index contributed by atoms with van der Waals surface area (Å²) in [5.41, 5.74) is 0.458. The highest BCUT2D eigenvalue weighted by molar-refractivity contribution is 4.89. The van der Waals surface area contributed by atoms with Crippen molar-refractivity contribution in [1.82, 2.24) is 4.90 Å². The van der Waals surface area contributed by atoms with Gasteiger partial charge >= 0.3 is 0 Å². The SMILES string of the molecule is C[C@@H]1CCC(C)(C)N1C. The van der Waals surface area contributed by atoms with Crippen molar-refractivity contribution in [3.63, 3.8) is 0 Å². The first kappa shape index (κ1) is 7.07. The van der Waals surface area contributed by atoms with Crippen molar-refractivity contribution in [1.29, 1.82) is 0 Å². The monoisotopic (exact) mass is 127 g/mol. The van der Waals surface area contributed by atoms with E-state index in [1.807, 2.05) is 0 Å². The highest BCUT2D eigenvalue weighted by atomic mass is 15.2. The minimum Gasteiger partial charge on any atom is -0.299 e. The van der Waals surface area contributed by atoms with E-state index in [-0.39, 0.29) is 0 Å². The Morgan fingerprint density at radius 2 is 2.00 bits per heavy atom. The maximum atomic E-state index is 2.47. The molecule has 1 atom stereocenters. The average molecular weight is 127 g/mol. The molecule has 1 heterocycles. The molecule has 1 rings (SSSR count). The highest BCUT2D eigenvalue weighted by Gasteiger charge is 2.33. The van der Waals surface area contributed by atoms with Gasteiger partial charge in [-0.3, -0.25) is 4.90 Å². The second-order valence-corrected chi connectivity index (χ2v) is 3.81. The van der Waals surface area contributed by atoms with Crippen LogP contribution in [-0.2, 0) is 0 Å². The number of likely N-dealkylation sites (tertiary alicyclic amines) is 1. The maximum absolute atomic E-state index is 2.47. The molecule has 9 heavy (non-hydrogen) atoms. The van der Waals surface area contributed by atoms with Gasteiger partial charge in [0.1, 0.15) is 0 Å². The Bertz CT molecular complexity index is 107. The van der Waals surface area contributed by atoms with E-state index in [4.69, 9.17) is 0 Å². The molecule has 0 aliphatic carbocycles. The Hall–Kier alpha value is -0.0400. The summed E-state index contributed by atoms with van der Waals surface area (Å²) in [6.07, 6.45) is 2.72. The van der Waals surface area contributed by atoms with Crippen LogP contribution in [0.15, 0.2) is 0 Å².